The molecule has 8 nitrogen and oxygen atoms in total. The summed E-state index contributed by atoms with van der Waals surface area (Å²) in [7, 11) is 1.81. The fraction of sp³-hybridized carbons (Fsp3) is 0.417. The highest BCUT2D eigenvalue weighted by Gasteiger charge is 2.50. The summed E-state index contributed by atoms with van der Waals surface area (Å²) < 4.78 is 0. The van der Waals surface area contributed by atoms with Crippen molar-refractivity contribution < 1.29 is 19.8 Å². The summed E-state index contributed by atoms with van der Waals surface area (Å²) in [6.07, 6.45) is 1.06. The van der Waals surface area contributed by atoms with E-state index in [0.29, 0.717) is 44.6 Å². The Hall–Kier alpha value is -2.94. The average Bonchev–Trinajstić information content (AvgIpc) is 3.60. The van der Waals surface area contributed by atoms with Gasteiger partial charge in [-0.15, -0.1) is 0 Å². The Kier molecular flexibility index (Phi) is 6.19. The number of carbonyl (C=O) groups is 2. The lowest BCUT2D eigenvalue weighted by Gasteiger charge is -2.35. The van der Waals surface area contributed by atoms with E-state index in [1.807, 2.05) is 49.5 Å². The summed E-state index contributed by atoms with van der Waals surface area (Å²) >= 11 is 0. The number of hydrogen-bond acceptors (Lipinski definition) is 6. The number of hydrogen-bond donors (Lipinski definition) is 4. The van der Waals surface area contributed by atoms with Crippen molar-refractivity contribution in [3.05, 3.63) is 53.6 Å². The molecule has 170 valence electrons. The topological polar surface area (TPSA) is 119 Å². The molecule has 0 radical (unpaired) electrons. The maximum atomic E-state index is 12.9. The van der Waals surface area contributed by atoms with Crippen LogP contribution in [-0.4, -0.2) is 77.3 Å². The van der Waals surface area contributed by atoms with Crippen molar-refractivity contribution in [3.63, 3.8) is 0 Å². The summed E-state index contributed by atoms with van der Waals surface area (Å²) in [6, 6.07) is 12.8. The average molecular weight is 439 g/mol. The summed E-state index contributed by atoms with van der Waals surface area (Å²) in [6.45, 7) is 1.68. The van der Waals surface area contributed by atoms with Crippen LogP contribution in [0.25, 0.3) is 11.1 Å². The Bertz CT molecular complexity index is 996. The van der Waals surface area contributed by atoms with Crippen LogP contribution in [0.1, 0.15) is 34.8 Å². The van der Waals surface area contributed by atoms with Crippen LogP contribution >= 0.6 is 0 Å². The zero-order valence-electron chi connectivity index (χ0n) is 18.3. The van der Waals surface area contributed by atoms with Crippen LogP contribution in [0.3, 0.4) is 0 Å². The van der Waals surface area contributed by atoms with Gasteiger partial charge in [-0.05, 0) is 47.7 Å². The number of aliphatic hydroxyl groups excluding tert-OH is 1. The minimum Gasteiger partial charge on any atom is -0.394 e. The summed E-state index contributed by atoms with van der Waals surface area (Å²) in [5, 5.41) is 22.5. The molecule has 1 aliphatic carbocycles. The van der Waals surface area contributed by atoms with Crippen LogP contribution in [0.2, 0.25) is 0 Å². The van der Waals surface area contributed by atoms with Gasteiger partial charge in [0.15, 0.2) is 0 Å². The monoisotopic (exact) mass is 438 g/mol. The van der Waals surface area contributed by atoms with E-state index in [9.17, 15) is 19.8 Å². The molecule has 2 aromatic rings. The molecule has 32 heavy (non-hydrogen) atoms. The fourth-order valence-corrected chi connectivity index (χ4v) is 4.10. The van der Waals surface area contributed by atoms with Crippen molar-refractivity contribution in [2.24, 2.45) is 5.73 Å². The van der Waals surface area contributed by atoms with Gasteiger partial charge in [0.1, 0.15) is 5.60 Å². The zero-order valence-corrected chi connectivity index (χ0v) is 18.3. The summed E-state index contributed by atoms with van der Waals surface area (Å²) in [5.74, 6) is -0.269. The Morgan fingerprint density at radius 2 is 1.62 bits per heavy atom. The van der Waals surface area contributed by atoms with Crippen molar-refractivity contribution >= 4 is 17.5 Å². The minimum absolute atomic E-state index is 0.0611. The molecule has 1 atom stereocenters. The summed E-state index contributed by atoms with van der Waals surface area (Å²) in [4.78, 5) is 28.6. The predicted octanol–water partition coefficient (Wildman–Crippen LogP) is 1.20. The molecular formula is C24H30N4O4. The second-order valence-electron chi connectivity index (χ2n) is 8.53. The quantitative estimate of drug-likeness (QED) is 0.538. The van der Waals surface area contributed by atoms with E-state index in [2.05, 4.69) is 5.32 Å². The predicted molar refractivity (Wildman–Crippen MR) is 122 cm³/mol. The molecular weight excluding hydrogens is 408 g/mol. The highest BCUT2D eigenvalue weighted by molar-refractivity contribution is 5.95. The first-order chi connectivity index (χ1) is 15.4. The third kappa shape index (κ3) is 4.34. The SMILES string of the molecule is CNc1cc(-c2ccc(C(=O)N3CCN(C(=O)C4(O)CC4)CC3)cc2)ccc1C(N)CO. The molecule has 0 spiro atoms. The van der Waals surface area contributed by atoms with Gasteiger partial charge >= 0.3 is 0 Å². The summed E-state index contributed by atoms with van der Waals surface area (Å²) in [5.41, 5.74) is 9.05. The number of aliphatic hydroxyl groups is 2. The van der Waals surface area contributed by atoms with Crippen LogP contribution in [-0.2, 0) is 4.79 Å². The minimum atomic E-state index is -1.16. The number of amides is 2. The van der Waals surface area contributed by atoms with E-state index >= 15 is 0 Å². The molecule has 2 fully saturated rings. The van der Waals surface area contributed by atoms with Gasteiger partial charge in [0, 0.05) is 44.5 Å². The number of rotatable bonds is 6. The lowest BCUT2D eigenvalue weighted by atomic mass is 9.98. The van der Waals surface area contributed by atoms with E-state index in [0.717, 1.165) is 22.4 Å². The molecule has 0 bridgehead atoms. The van der Waals surface area contributed by atoms with Crippen molar-refractivity contribution in [2.45, 2.75) is 24.5 Å². The third-order valence-electron chi connectivity index (χ3n) is 6.36. The maximum Gasteiger partial charge on any atom is 0.254 e. The first kappa shape index (κ1) is 22.3. The second kappa shape index (κ2) is 8.90. The first-order valence-corrected chi connectivity index (χ1v) is 11.0. The number of carbonyl (C=O) groups excluding carboxylic acids is 2. The van der Waals surface area contributed by atoms with E-state index in [1.165, 1.54) is 0 Å². The molecule has 1 saturated heterocycles. The molecule has 5 N–H and O–H groups in total. The largest absolute Gasteiger partial charge is 0.394 e. The van der Waals surface area contributed by atoms with Gasteiger partial charge in [0.2, 0.25) is 0 Å². The number of nitrogens with zero attached hydrogens (tertiary/aromatic N) is 2. The van der Waals surface area contributed by atoms with Gasteiger partial charge in [-0.2, -0.15) is 0 Å². The fourth-order valence-electron chi connectivity index (χ4n) is 4.10. The Morgan fingerprint density at radius 1 is 1.03 bits per heavy atom. The Labute approximate surface area is 187 Å². The van der Waals surface area contributed by atoms with E-state index in [-0.39, 0.29) is 18.4 Å². The van der Waals surface area contributed by atoms with Gasteiger partial charge in [-0.3, -0.25) is 9.59 Å². The number of nitrogens with two attached hydrogens (primary N) is 1. The third-order valence-corrected chi connectivity index (χ3v) is 6.36. The lowest BCUT2D eigenvalue weighted by molar-refractivity contribution is -0.143. The normalized spacial score (nSPS) is 18.2. The zero-order chi connectivity index (χ0) is 22.9. The van der Waals surface area contributed by atoms with Crippen molar-refractivity contribution in [1.82, 2.24) is 9.80 Å². The molecule has 1 heterocycles. The molecule has 1 unspecified atom stereocenters. The molecule has 2 aromatic carbocycles. The molecule has 8 heteroatoms. The maximum absolute atomic E-state index is 12.9. The molecule has 4 rings (SSSR count). The van der Waals surface area contributed by atoms with E-state index in [1.54, 1.807) is 9.80 Å². The van der Waals surface area contributed by atoms with Crippen LogP contribution in [0.4, 0.5) is 5.69 Å². The van der Waals surface area contributed by atoms with Gasteiger partial charge < -0.3 is 31.1 Å². The molecule has 1 saturated carbocycles. The van der Waals surface area contributed by atoms with Crippen molar-refractivity contribution in [3.8, 4) is 11.1 Å². The first-order valence-electron chi connectivity index (χ1n) is 11.0. The smallest absolute Gasteiger partial charge is 0.254 e. The van der Waals surface area contributed by atoms with Crippen molar-refractivity contribution in [1.29, 1.82) is 0 Å². The van der Waals surface area contributed by atoms with Gasteiger partial charge in [-0.25, -0.2) is 0 Å². The number of anilines is 1. The van der Waals surface area contributed by atoms with Crippen LogP contribution in [0.5, 0.6) is 0 Å². The van der Waals surface area contributed by atoms with E-state index in [4.69, 9.17) is 5.73 Å². The lowest BCUT2D eigenvalue weighted by Crippen LogP contribution is -2.53. The molecule has 1 aliphatic heterocycles. The van der Waals surface area contributed by atoms with Gasteiger partial charge in [0.25, 0.3) is 11.8 Å². The van der Waals surface area contributed by atoms with E-state index < -0.39 is 11.6 Å². The number of nitrogens with one attached hydrogen (secondary N) is 1. The standard InChI is InChI=1S/C24H30N4O4/c1-26-21-14-18(6-7-19(21)20(25)15-29)16-2-4-17(5-3-16)22(30)27-10-12-28(13-11-27)23(31)24(32)8-9-24/h2-7,14,20,26,29,32H,8-13,15,25H2,1H3. The Morgan fingerprint density at radius 3 is 2.19 bits per heavy atom. The van der Waals surface area contributed by atoms with Crippen LogP contribution in [0, 0.1) is 0 Å². The van der Waals surface area contributed by atoms with Gasteiger partial charge in [-0.1, -0.05) is 24.3 Å². The Balaban J connectivity index is 1.41. The number of benzene rings is 2. The second-order valence-corrected chi connectivity index (χ2v) is 8.53. The highest BCUT2D eigenvalue weighted by atomic mass is 16.3. The van der Waals surface area contributed by atoms with Crippen molar-refractivity contribution in [2.75, 3.05) is 45.2 Å². The van der Waals surface area contributed by atoms with Crippen LogP contribution < -0.4 is 11.1 Å². The molecule has 2 amide bonds. The number of piperazine rings is 1. The highest BCUT2D eigenvalue weighted by Crippen LogP contribution is 2.37. The molecule has 2 aliphatic rings. The van der Waals surface area contributed by atoms with Crippen LogP contribution in [0.15, 0.2) is 42.5 Å². The molecule has 0 aromatic heterocycles. The van der Waals surface area contributed by atoms with Gasteiger partial charge in [0.05, 0.1) is 12.6 Å².